The summed E-state index contributed by atoms with van der Waals surface area (Å²) in [5, 5.41) is 11.6. The maximum atomic E-state index is 14.0. The molecule has 0 unspecified atom stereocenters. The van der Waals surface area contributed by atoms with Crippen LogP contribution in [0.1, 0.15) is 43.6 Å². The van der Waals surface area contributed by atoms with Crippen LogP contribution in [0.4, 0.5) is 27.6 Å². The number of hydrogen-bond acceptors (Lipinski definition) is 4. The van der Waals surface area contributed by atoms with Crippen molar-refractivity contribution in [2.24, 2.45) is 0 Å². The Morgan fingerprint density at radius 3 is 2.54 bits per heavy atom. The summed E-state index contributed by atoms with van der Waals surface area (Å²) in [5.41, 5.74) is -1.24. The highest BCUT2D eigenvalue weighted by atomic mass is 35.5. The largest absolute Gasteiger partial charge is 0.416 e. The molecule has 13 heteroatoms. The molecular weight excluding hydrogens is 521 g/mol. The third kappa shape index (κ3) is 4.62. The molecule has 2 aromatic carbocycles. The Kier molecular flexibility index (Phi) is 5.91. The molecule has 0 saturated carbocycles. The van der Waals surface area contributed by atoms with Crippen LogP contribution in [0.3, 0.4) is 0 Å². The zero-order valence-corrected chi connectivity index (χ0v) is 19.0. The summed E-state index contributed by atoms with van der Waals surface area (Å²) in [7, 11) is 0. The van der Waals surface area contributed by atoms with Crippen molar-refractivity contribution >= 4 is 29.1 Å². The number of alkyl halides is 3. The molecule has 1 aliphatic heterocycles. The van der Waals surface area contributed by atoms with Gasteiger partial charge in [0.1, 0.15) is 17.3 Å². The third-order valence-corrected chi connectivity index (χ3v) is 5.98. The van der Waals surface area contributed by atoms with Crippen LogP contribution in [0.2, 0.25) is 5.02 Å². The molecule has 188 valence electrons. The van der Waals surface area contributed by atoms with Gasteiger partial charge < -0.3 is 10.6 Å². The lowest BCUT2D eigenvalue weighted by Gasteiger charge is -2.18. The molecule has 3 heterocycles. The fourth-order valence-corrected chi connectivity index (χ4v) is 4.21. The minimum Gasteiger partial charge on any atom is -0.340 e. The summed E-state index contributed by atoms with van der Waals surface area (Å²) < 4.78 is 67.5. The van der Waals surface area contributed by atoms with Crippen LogP contribution in [0.15, 0.2) is 54.9 Å². The molecule has 2 amide bonds. The van der Waals surface area contributed by atoms with Gasteiger partial charge in [-0.2, -0.15) is 18.3 Å². The monoisotopic (exact) mass is 533 g/mol. The van der Waals surface area contributed by atoms with Gasteiger partial charge in [-0.1, -0.05) is 11.6 Å². The predicted molar refractivity (Wildman–Crippen MR) is 122 cm³/mol. The molecule has 0 aliphatic carbocycles. The number of nitrogens with one attached hydrogen (secondary N) is 3. The van der Waals surface area contributed by atoms with Gasteiger partial charge in [0.05, 0.1) is 29.2 Å². The lowest BCUT2D eigenvalue weighted by molar-refractivity contribution is -0.137. The van der Waals surface area contributed by atoms with E-state index < -0.39 is 46.8 Å². The zero-order chi connectivity index (χ0) is 26.5. The van der Waals surface area contributed by atoms with Crippen molar-refractivity contribution in [1.29, 1.82) is 0 Å². The van der Waals surface area contributed by atoms with Gasteiger partial charge in [-0.15, -0.1) is 0 Å². The van der Waals surface area contributed by atoms with Crippen LogP contribution in [0.5, 0.6) is 0 Å². The minimum absolute atomic E-state index is 0.0345. The van der Waals surface area contributed by atoms with E-state index in [-0.39, 0.29) is 39.3 Å². The first-order valence-electron chi connectivity index (χ1n) is 10.5. The van der Waals surface area contributed by atoms with Gasteiger partial charge in [-0.25, -0.2) is 13.8 Å². The first-order valence-corrected chi connectivity index (χ1v) is 10.9. The molecule has 0 spiro atoms. The van der Waals surface area contributed by atoms with Gasteiger partial charge in [-0.05, 0) is 42.5 Å². The first-order chi connectivity index (χ1) is 17.5. The quantitative estimate of drug-likeness (QED) is 0.301. The fraction of sp³-hybridized carbons (Fsp3) is 0.0833. The second-order valence-corrected chi connectivity index (χ2v) is 8.46. The maximum absolute atomic E-state index is 14.0. The van der Waals surface area contributed by atoms with Crippen molar-refractivity contribution in [2.75, 3.05) is 5.32 Å². The summed E-state index contributed by atoms with van der Waals surface area (Å²) in [4.78, 5) is 30.2. The van der Waals surface area contributed by atoms with E-state index in [1.165, 1.54) is 24.5 Å². The average Bonchev–Trinajstić information content (AvgIpc) is 3.48. The average molecular weight is 534 g/mol. The highest BCUT2D eigenvalue weighted by Crippen LogP contribution is 2.40. The molecule has 7 nitrogen and oxygen atoms in total. The lowest BCUT2D eigenvalue weighted by atomic mass is 9.97. The van der Waals surface area contributed by atoms with E-state index in [1.54, 1.807) is 0 Å². The van der Waals surface area contributed by atoms with E-state index in [0.717, 1.165) is 12.1 Å². The number of H-pyrrole nitrogens is 1. The summed E-state index contributed by atoms with van der Waals surface area (Å²) in [5.74, 6) is -3.65. The number of carbonyl (C=O) groups excluding carboxylic acids is 2. The van der Waals surface area contributed by atoms with Gasteiger partial charge in [-0.3, -0.25) is 14.7 Å². The number of benzene rings is 2. The van der Waals surface area contributed by atoms with E-state index in [2.05, 4.69) is 25.8 Å². The second kappa shape index (κ2) is 8.96. The highest BCUT2D eigenvalue weighted by Gasteiger charge is 2.37. The molecule has 0 fully saturated rings. The van der Waals surface area contributed by atoms with E-state index in [9.17, 15) is 31.5 Å². The van der Waals surface area contributed by atoms with E-state index >= 15 is 0 Å². The number of amides is 2. The Labute approximate surface area is 209 Å². The van der Waals surface area contributed by atoms with Crippen LogP contribution >= 0.6 is 11.6 Å². The molecule has 0 saturated heterocycles. The zero-order valence-electron chi connectivity index (χ0n) is 18.3. The molecule has 0 radical (unpaired) electrons. The summed E-state index contributed by atoms with van der Waals surface area (Å²) in [6, 6.07) is 5.23. The van der Waals surface area contributed by atoms with Gasteiger partial charge in [0.2, 0.25) is 0 Å². The molecule has 1 atom stereocenters. The number of hydrogen-bond donors (Lipinski definition) is 3. The first kappa shape index (κ1) is 24.4. The molecule has 0 bridgehead atoms. The third-order valence-electron chi connectivity index (χ3n) is 5.64. The van der Waals surface area contributed by atoms with Crippen molar-refractivity contribution in [3.63, 3.8) is 0 Å². The molecular formula is C24H13ClF5N5O2. The number of pyridine rings is 1. The Morgan fingerprint density at radius 1 is 1.05 bits per heavy atom. The minimum atomic E-state index is -4.89. The van der Waals surface area contributed by atoms with E-state index in [4.69, 9.17) is 11.6 Å². The van der Waals surface area contributed by atoms with Gasteiger partial charge in [0, 0.05) is 33.5 Å². The summed E-state index contributed by atoms with van der Waals surface area (Å²) in [6.07, 6.45) is -2.02. The van der Waals surface area contributed by atoms with E-state index in [1.807, 2.05) is 0 Å². The van der Waals surface area contributed by atoms with Crippen molar-refractivity contribution in [3.05, 3.63) is 99.5 Å². The maximum Gasteiger partial charge on any atom is 0.416 e. The lowest BCUT2D eigenvalue weighted by Crippen LogP contribution is -2.21. The highest BCUT2D eigenvalue weighted by molar-refractivity contribution is 6.31. The van der Waals surface area contributed by atoms with Crippen molar-refractivity contribution in [3.8, 4) is 11.3 Å². The Hall–Kier alpha value is -4.32. The standard InChI is InChI=1S/C24H13ClF5N5O2/c25-16-2-1-13(26)6-15(16)20-19-18(7-17(11-8-31-32-9-11)33-21(19)23(37)35-20)34-22(36)10-3-12(24(28,29)30)5-14(27)4-10/h1-9,20H,(H,31,32)(H,35,37)(H,33,34,36)/t20-/m1/s1. The number of nitrogens with zero attached hydrogens (tertiary/aromatic N) is 2. The molecule has 1 aliphatic rings. The number of aromatic amines is 1. The molecule has 4 aromatic rings. The number of rotatable bonds is 4. The summed E-state index contributed by atoms with van der Waals surface area (Å²) in [6.45, 7) is 0. The molecule has 37 heavy (non-hydrogen) atoms. The number of fused-ring (bicyclic) bond motifs is 1. The number of carbonyl (C=O) groups is 2. The Morgan fingerprint density at radius 2 is 1.84 bits per heavy atom. The topological polar surface area (TPSA) is 99.8 Å². The SMILES string of the molecule is O=C(Nc1cc(-c2cn[nH]c2)nc2c1[C@@H](c1cc(F)ccc1Cl)NC2=O)c1cc(F)cc(C(F)(F)F)c1. The van der Waals surface area contributed by atoms with Gasteiger partial charge in [0.15, 0.2) is 0 Å². The van der Waals surface area contributed by atoms with Crippen molar-refractivity contribution < 1.29 is 31.5 Å². The normalized spacial score (nSPS) is 14.9. The van der Waals surface area contributed by atoms with Gasteiger partial charge >= 0.3 is 6.18 Å². The molecule has 2 aromatic heterocycles. The van der Waals surface area contributed by atoms with Crippen LogP contribution in [-0.2, 0) is 6.18 Å². The Balaban J connectivity index is 1.65. The van der Waals surface area contributed by atoms with Crippen LogP contribution < -0.4 is 10.6 Å². The number of anilines is 1. The van der Waals surface area contributed by atoms with Gasteiger partial charge in [0.25, 0.3) is 11.8 Å². The van der Waals surface area contributed by atoms with Crippen LogP contribution in [0, 0.1) is 11.6 Å². The predicted octanol–water partition coefficient (Wildman–Crippen LogP) is 5.51. The van der Waals surface area contributed by atoms with Crippen LogP contribution in [0.25, 0.3) is 11.3 Å². The molecule has 5 rings (SSSR count). The van der Waals surface area contributed by atoms with E-state index in [0.29, 0.717) is 17.7 Å². The number of aromatic nitrogens is 3. The fourth-order valence-electron chi connectivity index (χ4n) is 3.98. The second-order valence-electron chi connectivity index (χ2n) is 8.06. The number of halogens is 6. The van der Waals surface area contributed by atoms with Crippen LogP contribution in [-0.4, -0.2) is 27.0 Å². The van der Waals surface area contributed by atoms with Crippen molar-refractivity contribution in [1.82, 2.24) is 20.5 Å². The molecule has 3 N–H and O–H groups in total. The van der Waals surface area contributed by atoms with Crippen molar-refractivity contribution in [2.45, 2.75) is 12.2 Å². The Bertz CT molecular complexity index is 1560. The summed E-state index contributed by atoms with van der Waals surface area (Å²) >= 11 is 6.25. The smallest absolute Gasteiger partial charge is 0.340 e.